The first-order valence-corrected chi connectivity index (χ1v) is 3.55. The van der Waals surface area contributed by atoms with E-state index in [0.717, 1.165) is 5.41 Å². The van der Waals surface area contributed by atoms with Gasteiger partial charge in [-0.2, -0.15) is 0 Å². The van der Waals surface area contributed by atoms with Crippen LogP contribution in [0, 0.1) is 42.9 Å². The minimum Gasteiger partial charge on any atom is -0.545 e. The molecule has 0 heterocycles. The van der Waals surface area contributed by atoms with Gasteiger partial charge in [0.1, 0.15) is 0 Å². The van der Waals surface area contributed by atoms with Gasteiger partial charge >= 0.3 is 31.1 Å². The molecule has 0 unspecified atom stereocenters. The topological polar surface area (TPSA) is 17.1 Å². The molecule has 1 spiro atoms. The SMILES string of the molecule is C=C1[CH-]CC2(CC2)C1.[CH-]=O.[U+2]. The maximum Gasteiger partial charge on any atom is 2.00 e. The third-order valence-electron chi connectivity index (χ3n) is 2.38. The van der Waals surface area contributed by atoms with Crippen molar-refractivity contribution in [2.75, 3.05) is 0 Å². The van der Waals surface area contributed by atoms with Crippen LogP contribution in [0.2, 0.25) is 0 Å². The van der Waals surface area contributed by atoms with Crippen molar-refractivity contribution in [3.8, 4) is 0 Å². The molecule has 0 amide bonds. The van der Waals surface area contributed by atoms with Gasteiger partial charge < -0.3 is 4.79 Å². The van der Waals surface area contributed by atoms with Gasteiger partial charge in [-0.15, -0.1) is 0 Å². The Bertz CT molecular complexity index is 150. The predicted molar refractivity (Wildman–Crippen MR) is 41.1 cm³/mol. The second-order valence-corrected chi connectivity index (χ2v) is 3.24. The van der Waals surface area contributed by atoms with Gasteiger partial charge in [-0.25, -0.2) is 18.6 Å². The molecule has 0 bridgehead atoms. The minimum atomic E-state index is 0. The van der Waals surface area contributed by atoms with E-state index in [1.807, 2.05) is 0 Å². The molecule has 0 aromatic heterocycles. The van der Waals surface area contributed by atoms with Crippen molar-refractivity contribution in [3.63, 3.8) is 0 Å². The van der Waals surface area contributed by atoms with Crippen LogP contribution in [0.15, 0.2) is 12.2 Å². The molecule has 0 radical (unpaired) electrons. The molecule has 0 atom stereocenters. The summed E-state index contributed by atoms with van der Waals surface area (Å²) in [6, 6.07) is 0. The Morgan fingerprint density at radius 1 is 1.45 bits per heavy atom. The Balaban J connectivity index is 0.000000311. The normalized spacial score (nSPS) is 22.7. The largest absolute Gasteiger partial charge is 2.00 e. The average molecular weight is 374 g/mol. The molecule has 0 N–H and O–H groups in total. The van der Waals surface area contributed by atoms with E-state index in [2.05, 4.69) is 19.8 Å². The first-order valence-electron chi connectivity index (χ1n) is 3.55. The zero-order valence-electron chi connectivity index (χ0n) is 6.60. The van der Waals surface area contributed by atoms with Crippen LogP contribution >= 0.6 is 0 Å². The fourth-order valence-electron chi connectivity index (χ4n) is 1.54. The van der Waals surface area contributed by atoms with Crippen LogP contribution in [-0.4, -0.2) is 6.79 Å². The van der Waals surface area contributed by atoms with Crippen molar-refractivity contribution in [2.45, 2.75) is 25.7 Å². The molecule has 2 fully saturated rings. The summed E-state index contributed by atoms with van der Waals surface area (Å²) in [5.74, 6) is 0. The Labute approximate surface area is 92.0 Å². The molecule has 0 aromatic carbocycles. The smallest absolute Gasteiger partial charge is 0.545 e. The van der Waals surface area contributed by atoms with Crippen molar-refractivity contribution in [1.82, 2.24) is 0 Å². The third kappa shape index (κ3) is 2.69. The summed E-state index contributed by atoms with van der Waals surface area (Å²) in [4.78, 5) is 7.75. The van der Waals surface area contributed by atoms with E-state index in [1.54, 1.807) is 0 Å². The quantitative estimate of drug-likeness (QED) is 0.469. The Kier molecular flexibility index (Phi) is 4.51. The molecule has 1 nitrogen and oxygen atoms in total. The Morgan fingerprint density at radius 3 is 2.18 bits per heavy atom. The molecule has 58 valence electrons. The van der Waals surface area contributed by atoms with Crippen molar-refractivity contribution >= 4 is 6.79 Å². The summed E-state index contributed by atoms with van der Waals surface area (Å²) in [7, 11) is 0. The van der Waals surface area contributed by atoms with Crippen LogP contribution in [0.4, 0.5) is 0 Å². The minimum absolute atomic E-state index is 0. The second kappa shape index (κ2) is 4.38. The van der Waals surface area contributed by atoms with E-state index < -0.39 is 0 Å². The molecule has 2 saturated carbocycles. The van der Waals surface area contributed by atoms with Gasteiger partial charge in [0.25, 0.3) is 0 Å². The molecule has 0 aliphatic heterocycles. The van der Waals surface area contributed by atoms with Gasteiger partial charge in [-0.3, -0.25) is 6.79 Å². The molecule has 11 heavy (non-hydrogen) atoms. The van der Waals surface area contributed by atoms with Gasteiger partial charge in [0.15, 0.2) is 0 Å². The van der Waals surface area contributed by atoms with Crippen molar-refractivity contribution in [2.24, 2.45) is 5.41 Å². The summed E-state index contributed by atoms with van der Waals surface area (Å²) < 4.78 is 0. The number of hydrogen-bond acceptors (Lipinski definition) is 1. The van der Waals surface area contributed by atoms with Crippen LogP contribution in [0.3, 0.4) is 0 Å². The molecular formula is C9H12OU. The molecule has 0 saturated heterocycles. The predicted octanol–water partition coefficient (Wildman–Crippen LogP) is 2.05. The molecule has 0 aromatic rings. The van der Waals surface area contributed by atoms with Gasteiger partial charge in [-0.05, 0) is 18.3 Å². The van der Waals surface area contributed by atoms with Gasteiger partial charge in [0.2, 0.25) is 0 Å². The molecule has 2 rings (SSSR count). The first kappa shape index (κ1) is 11.3. The van der Waals surface area contributed by atoms with Gasteiger partial charge in [0, 0.05) is 0 Å². The van der Waals surface area contributed by atoms with Crippen LogP contribution in [0.5, 0.6) is 0 Å². The zero-order chi connectivity index (χ0) is 7.61. The van der Waals surface area contributed by atoms with Gasteiger partial charge in [0.05, 0.1) is 0 Å². The van der Waals surface area contributed by atoms with E-state index in [-0.39, 0.29) is 31.1 Å². The van der Waals surface area contributed by atoms with Crippen LogP contribution in [0.1, 0.15) is 25.7 Å². The number of hydrogen-bond donors (Lipinski definition) is 0. The fraction of sp³-hybridized carbons (Fsp3) is 0.556. The standard InChI is InChI=1S/C8H11.CHO.U/c1-7-2-3-8(6-7)4-5-8;1-2;/h2H,1,3-6H2;1H;/q2*-1;+2. The number of carbonyl (C=O) groups excluding carboxylic acids is 1. The van der Waals surface area contributed by atoms with Crippen LogP contribution < -0.4 is 0 Å². The summed E-state index contributed by atoms with van der Waals surface area (Å²) in [5, 5.41) is 0. The molecule has 2 aliphatic carbocycles. The van der Waals surface area contributed by atoms with Crippen LogP contribution in [0.25, 0.3) is 0 Å². The average Bonchev–Trinajstić information content (AvgIpc) is 2.60. The number of rotatable bonds is 0. The monoisotopic (exact) mass is 374 g/mol. The third-order valence-corrected chi connectivity index (χ3v) is 2.38. The summed E-state index contributed by atoms with van der Waals surface area (Å²) in [6.07, 6.45) is 7.84. The van der Waals surface area contributed by atoms with Crippen LogP contribution in [-0.2, 0) is 4.79 Å². The first-order chi connectivity index (χ1) is 4.81. The van der Waals surface area contributed by atoms with Crippen molar-refractivity contribution in [1.29, 1.82) is 0 Å². The summed E-state index contributed by atoms with van der Waals surface area (Å²) in [6.45, 7) is 7.18. The van der Waals surface area contributed by atoms with Gasteiger partial charge in [-0.1, -0.05) is 12.8 Å². The summed E-state index contributed by atoms with van der Waals surface area (Å²) in [5.41, 5.74) is 2.14. The van der Waals surface area contributed by atoms with Crippen molar-refractivity contribution in [3.05, 3.63) is 18.6 Å². The fourth-order valence-corrected chi connectivity index (χ4v) is 1.54. The maximum atomic E-state index is 7.75. The maximum absolute atomic E-state index is 7.75. The summed E-state index contributed by atoms with van der Waals surface area (Å²) >= 11 is 0. The molecule has 2 heteroatoms. The Morgan fingerprint density at radius 2 is 2.00 bits per heavy atom. The second-order valence-electron chi connectivity index (χ2n) is 3.24. The zero-order valence-corrected chi connectivity index (χ0v) is 10.8. The number of allylic oxidation sites excluding steroid dienone is 1. The molecule has 2 aliphatic rings. The van der Waals surface area contributed by atoms with E-state index in [9.17, 15) is 0 Å². The van der Waals surface area contributed by atoms with Crippen molar-refractivity contribution < 1.29 is 35.9 Å². The molecular weight excluding hydrogens is 362 g/mol. The van der Waals surface area contributed by atoms with E-state index in [1.165, 1.54) is 31.3 Å². The van der Waals surface area contributed by atoms with E-state index in [0.29, 0.717) is 0 Å². The van der Waals surface area contributed by atoms with E-state index in [4.69, 9.17) is 4.79 Å². The van der Waals surface area contributed by atoms with E-state index >= 15 is 0 Å². The Hall–Kier alpha value is 0.332.